The van der Waals surface area contributed by atoms with Gasteiger partial charge in [0, 0.05) is 19.7 Å². The quantitative estimate of drug-likeness (QED) is 0.673. The van der Waals surface area contributed by atoms with Gasteiger partial charge in [-0.1, -0.05) is 0 Å². The van der Waals surface area contributed by atoms with Crippen LogP contribution in [0, 0.1) is 27.7 Å². The number of nitrogens with zero attached hydrogens (tertiary/aromatic N) is 2. The third-order valence-corrected chi connectivity index (χ3v) is 3.35. The summed E-state index contributed by atoms with van der Waals surface area (Å²) in [6, 6.07) is 1.47. The Bertz CT molecular complexity index is 473. The summed E-state index contributed by atoms with van der Waals surface area (Å²) in [5.74, 6) is -1.65. The lowest BCUT2D eigenvalue weighted by molar-refractivity contribution is -0.385. The summed E-state index contributed by atoms with van der Waals surface area (Å²) in [6.07, 6.45) is 1.34. The van der Waals surface area contributed by atoms with Crippen molar-refractivity contribution in [3.63, 3.8) is 0 Å². The van der Waals surface area contributed by atoms with Crippen LogP contribution in [0.5, 0.6) is 0 Å². The molecule has 1 saturated heterocycles. The van der Waals surface area contributed by atoms with Gasteiger partial charge in [0.1, 0.15) is 5.69 Å². The Balaban J connectivity index is 2.24. The van der Waals surface area contributed by atoms with Gasteiger partial charge in [-0.2, -0.15) is 0 Å². The molecular formula is C12H14F2N2O3. The van der Waals surface area contributed by atoms with E-state index in [0.29, 0.717) is 19.5 Å². The van der Waals surface area contributed by atoms with E-state index in [0.717, 1.165) is 18.6 Å². The third-order valence-electron chi connectivity index (χ3n) is 3.35. The molecule has 104 valence electrons. The highest BCUT2D eigenvalue weighted by molar-refractivity contribution is 5.54. The van der Waals surface area contributed by atoms with Gasteiger partial charge in [0.15, 0.2) is 11.6 Å². The second-order valence-corrected chi connectivity index (χ2v) is 4.63. The molecule has 0 bridgehead atoms. The first-order chi connectivity index (χ1) is 9.02. The molecule has 0 spiro atoms. The number of hydrogen-bond donors (Lipinski definition) is 1. The van der Waals surface area contributed by atoms with Gasteiger partial charge in [0.25, 0.3) is 5.69 Å². The molecule has 1 aromatic rings. The van der Waals surface area contributed by atoms with E-state index in [2.05, 4.69) is 0 Å². The van der Waals surface area contributed by atoms with Crippen LogP contribution >= 0.6 is 0 Å². The maximum atomic E-state index is 13.8. The molecule has 1 heterocycles. The average Bonchev–Trinajstić information content (AvgIpc) is 2.77. The minimum absolute atomic E-state index is 0.0454. The van der Waals surface area contributed by atoms with E-state index >= 15 is 0 Å². The average molecular weight is 272 g/mol. The Hall–Kier alpha value is -1.76. The van der Waals surface area contributed by atoms with Crippen LogP contribution in [-0.2, 0) is 0 Å². The lowest BCUT2D eigenvalue weighted by Crippen LogP contribution is -2.22. The van der Waals surface area contributed by atoms with E-state index in [1.807, 2.05) is 0 Å². The highest BCUT2D eigenvalue weighted by Crippen LogP contribution is 2.32. The first-order valence-electron chi connectivity index (χ1n) is 6.02. The zero-order valence-electron chi connectivity index (χ0n) is 10.2. The second-order valence-electron chi connectivity index (χ2n) is 4.63. The van der Waals surface area contributed by atoms with Gasteiger partial charge in [-0.3, -0.25) is 10.1 Å². The number of anilines is 1. The molecule has 1 unspecified atom stereocenters. The van der Waals surface area contributed by atoms with Crippen molar-refractivity contribution in [2.75, 3.05) is 24.6 Å². The molecule has 7 heteroatoms. The molecule has 1 aliphatic rings. The number of rotatable bonds is 4. The maximum absolute atomic E-state index is 13.8. The van der Waals surface area contributed by atoms with Crippen molar-refractivity contribution < 1.29 is 18.8 Å². The number of halogens is 2. The van der Waals surface area contributed by atoms with Crippen molar-refractivity contribution >= 4 is 11.4 Å². The number of aliphatic hydroxyl groups is 1. The summed E-state index contributed by atoms with van der Waals surface area (Å²) in [5, 5.41) is 19.4. The highest BCUT2D eigenvalue weighted by Gasteiger charge is 2.28. The fourth-order valence-electron chi connectivity index (χ4n) is 2.41. The number of non-ortho nitro benzene ring substituents is 1. The van der Waals surface area contributed by atoms with Crippen molar-refractivity contribution in [2.45, 2.75) is 12.8 Å². The molecule has 1 N–H and O–H groups in total. The minimum Gasteiger partial charge on any atom is -0.396 e. The van der Waals surface area contributed by atoms with Gasteiger partial charge in [-0.25, -0.2) is 8.78 Å². The lowest BCUT2D eigenvalue weighted by Gasteiger charge is -2.19. The lowest BCUT2D eigenvalue weighted by atomic mass is 10.1. The predicted molar refractivity (Wildman–Crippen MR) is 65.0 cm³/mol. The van der Waals surface area contributed by atoms with E-state index in [4.69, 9.17) is 5.11 Å². The molecule has 5 nitrogen and oxygen atoms in total. The monoisotopic (exact) mass is 272 g/mol. The molecule has 19 heavy (non-hydrogen) atoms. The van der Waals surface area contributed by atoms with Gasteiger partial charge < -0.3 is 10.0 Å². The number of aliphatic hydroxyl groups excluding tert-OH is 1. The van der Waals surface area contributed by atoms with Crippen molar-refractivity contribution in [1.82, 2.24) is 0 Å². The summed E-state index contributed by atoms with van der Waals surface area (Å²) in [5.41, 5.74) is -0.809. The molecule has 2 rings (SSSR count). The molecular weight excluding hydrogens is 258 g/mol. The van der Waals surface area contributed by atoms with E-state index in [1.165, 1.54) is 4.90 Å². The topological polar surface area (TPSA) is 66.6 Å². The largest absolute Gasteiger partial charge is 0.396 e. The van der Waals surface area contributed by atoms with Crippen LogP contribution in [0.25, 0.3) is 0 Å². The third kappa shape index (κ3) is 2.81. The normalized spacial score (nSPS) is 18.9. The standard InChI is InChI=1S/C12H14F2N2O3/c13-10-5-9(16(18)19)6-11(14)12(10)15-3-1-8(7-15)2-4-17/h5-6,8,17H,1-4,7H2. The van der Waals surface area contributed by atoms with E-state index in [1.54, 1.807) is 0 Å². The molecule has 0 aromatic heterocycles. The summed E-state index contributed by atoms with van der Waals surface area (Å²) in [4.78, 5) is 11.2. The van der Waals surface area contributed by atoms with Gasteiger partial charge in [0.05, 0.1) is 17.1 Å². The van der Waals surface area contributed by atoms with Gasteiger partial charge >= 0.3 is 0 Å². The fourth-order valence-corrected chi connectivity index (χ4v) is 2.41. The first-order valence-corrected chi connectivity index (χ1v) is 6.02. The van der Waals surface area contributed by atoms with Crippen LogP contribution in [0.15, 0.2) is 12.1 Å². The Morgan fingerprint density at radius 3 is 2.58 bits per heavy atom. The van der Waals surface area contributed by atoms with Crippen molar-refractivity contribution in [3.8, 4) is 0 Å². The summed E-state index contributed by atoms with van der Waals surface area (Å²) < 4.78 is 27.6. The number of nitro benzene ring substituents is 1. The fraction of sp³-hybridized carbons (Fsp3) is 0.500. The molecule has 1 atom stereocenters. The molecule has 0 radical (unpaired) electrons. The predicted octanol–water partition coefficient (Wildman–Crippen LogP) is 2.08. The Morgan fingerprint density at radius 2 is 2.05 bits per heavy atom. The molecule has 0 amide bonds. The Labute approximate surface area is 108 Å². The van der Waals surface area contributed by atoms with Crippen LogP contribution in [0.4, 0.5) is 20.2 Å². The van der Waals surface area contributed by atoms with E-state index in [9.17, 15) is 18.9 Å². The summed E-state index contributed by atoms with van der Waals surface area (Å²) in [6.45, 7) is 0.978. The number of benzene rings is 1. The highest BCUT2D eigenvalue weighted by atomic mass is 19.1. The Morgan fingerprint density at radius 1 is 1.42 bits per heavy atom. The zero-order chi connectivity index (χ0) is 14.0. The van der Waals surface area contributed by atoms with Gasteiger partial charge in [-0.05, 0) is 18.8 Å². The minimum atomic E-state index is -0.920. The van der Waals surface area contributed by atoms with Crippen LogP contribution in [0.3, 0.4) is 0 Å². The molecule has 0 saturated carbocycles. The van der Waals surface area contributed by atoms with Crippen molar-refractivity contribution in [2.24, 2.45) is 5.92 Å². The van der Waals surface area contributed by atoms with Crippen LogP contribution in [0.2, 0.25) is 0 Å². The maximum Gasteiger partial charge on any atom is 0.275 e. The second kappa shape index (κ2) is 5.48. The smallest absolute Gasteiger partial charge is 0.275 e. The molecule has 1 aliphatic heterocycles. The van der Waals surface area contributed by atoms with E-state index in [-0.39, 0.29) is 18.2 Å². The first kappa shape index (κ1) is 13.7. The van der Waals surface area contributed by atoms with E-state index < -0.39 is 22.2 Å². The van der Waals surface area contributed by atoms with Gasteiger partial charge in [0.2, 0.25) is 0 Å². The number of nitro groups is 1. The van der Waals surface area contributed by atoms with Crippen LogP contribution in [-0.4, -0.2) is 29.7 Å². The van der Waals surface area contributed by atoms with Crippen LogP contribution < -0.4 is 4.90 Å². The summed E-state index contributed by atoms with van der Waals surface area (Å²) in [7, 11) is 0. The van der Waals surface area contributed by atoms with Crippen molar-refractivity contribution in [3.05, 3.63) is 33.9 Å². The van der Waals surface area contributed by atoms with Gasteiger partial charge in [-0.15, -0.1) is 0 Å². The SMILES string of the molecule is O=[N+]([O-])c1cc(F)c(N2CCC(CCO)C2)c(F)c1. The molecule has 1 fully saturated rings. The Kier molecular flexibility index (Phi) is 3.94. The zero-order valence-corrected chi connectivity index (χ0v) is 10.2. The number of hydrogen-bond acceptors (Lipinski definition) is 4. The molecule has 0 aliphatic carbocycles. The van der Waals surface area contributed by atoms with Crippen molar-refractivity contribution in [1.29, 1.82) is 0 Å². The van der Waals surface area contributed by atoms with Crippen LogP contribution in [0.1, 0.15) is 12.8 Å². The molecule has 1 aromatic carbocycles. The summed E-state index contributed by atoms with van der Waals surface area (Å²) >= 11 is 0.